The zero-order valence-electron chi connectivity index (χ0n) is 15.4. The summed E-state index contributed by atoms with van der Waals surface area (Å²) in [6, 6.07) is 4.75. The molecule has 0 amide bonds. The van der Waals surface area contributed by atoms with Crippen molar-refractivity contribution in [3.8, 4) is 0 Å². The zero-order valence-corrected chi connectivity index (χ0v) is 15.4. The van der Waals surface area contributed by atoms with Gasteiger partial charge in [-0.1, -0.05) is 18.2 Å². The Morgan fingerprint density at radius 3 is 2.07 bits per heavy atom. The highest BCUT2D eigenvalue weighted by Crippen LogP contribution is 2.02. The smallest absolute Gasteiger partial charge is 0.269 e. The highest BCUT2D eigenvalue weighted by atomic mass is 16.2. The maximum absolute atomic E-state index is 12.7. The third-order valence-electron chi connectivity index (χ3n) is 4.19. The summed E-state index contributed by atoms with van der Waals surface area (Å²) in [5, 5.41) is 0. The number of pyridine rings is 1. The number of aryl methyl sites for hydroxylation is 1. The highest BCUT2D eigenvalue weighted by molar-refractivity contribution is 5.39. The van der Waals surface area contributed by atoms with Gasteiger partial charge in [0.05, 0.1) is 25.3 Å². The third-order valence-corrected chi connectivity index (χ3v) is 4.19. The first-order valence-corrected chi connectivity index (χ1v) is 8.52. The van der Waals surface area contributed by atoms with E-state index in [-0.39, 0.29) is 30.9 Å². The molecule has 0 radical (unpaired) electrons. The lowest BCUT2D eigenvalue weighted by Gasteiger charge is -2.12. The van der Waals surface area contributed by atoms with Gasteiger partial charge in [-0.3, -0.25) is 9.20 Å². The molecule has 9 heteroatoms. The molecule has 0 unspecified atom stereocenters. The number of nitrogens with zero attached hydrogens (tertiary/aromatic N) is 5. The first-order chi connectivity index (χ1) is 13.4. The van der Waals surface area contributed by atoms with Gasteiger partial charge >= 0.3 is 17.1 Å². The van der Waals surface area contributed by atoms with Crippen LogP contribution in [0.1, 0.15) is 11.3 Å². The lowest BCUT2D eigenvalue weighted by atomic mass is 10.3. The van der Waals surface area contributed by atoms with Gasteiger partial charge in [0.2, 0.25) is 0 Å². The van der Waals surface area contributed by atoms with E-state index in [9.17, 15) is 19.2 Å². The number of allylic oxidation sites excluding steroid dienone is 2. The quantitative estimate of drug-likeness (QED) is 0.556. The van der Waals surface area contributed by atoms with Gasteiger partial charge in [0.15, 0.2) is 0 Å². The summed E-state index contributed by atoms with van der Waals surface area (Å²) < 4.78 is 4.06. The van der Waals surface area contributed by atoms with E-state index in [0.717, 1.165) is 19.3 Å². The molecule has 3 aromatic heterocycles. The van der Waals surface area contributed by atoms with Crippen LogP contribution in [0.15, 0.2) is 68.9 Å². The molecule has 3 heterocycles. The molecule has 0 atom stereocenters. The van der Waals surface area contributed by atoms with Crippen molar-refractivity contribution >= 4 is 5.65 Å². The maximum Gasteiger partial charge on any atom is 0.336 e. The van der Waals surface area contributed by atoms with Crippen molar-refractivity contribution in [3.05, 3.63) is 103 Å². The topological polar surface area (TPSA) is 100 Å². The minimum Gasteiger partial charge on any atom is -0.269 e. The van der Waals surface area contributed by atoms with Gasteiger partial charge in [-0.2, -0.15) is 0 Å². The predicted octanol–water partition coefficient (Wildman–Crippen LogP) is -0.0917. The first-order valence-electron chi connectivity index (χ1n) is 8.52. The largest absolute Gasteiger partial charge is 0.336 e. The lowest BCUT2D eigenvalue weighted by molar-refractivity contribution is 0.495. The molecule has 0 aromatic carbocycles. The summed E-state index contributed by atoms with van der Waals surface area (Å²) in [4.78, 5) is 54.5. The van der Waals surface area contributed by atoms with Gasteiger partial charge in [-0.05, 0) is 18.6 Å². The van der Waals surface area contributed by atoms with Gasteiger partial charge in [0, 0.05) is 12.3 Å². The van der Waals surface area contributed by atoms with Crippen LogP contribution in [-0.2, 0) is 19.6 Å². The van der Waals surface area contributed by atoms with Crippen LogP contribution in [0, 0.1) is 6.92 Å². The zero-order chi connectivity index (χ0) is 20.4. The summed E-state index contributed by atoms with van der Waals surface area (Å²) in [5.41, 5.74) is -1.13. The van der Waals surface area contributed by atoms with Crippen molar-refractivity contribution in [2.45, 2.75) is 26.6 Å². The summed E-state index contributed by atoms with van der Waals surface area (Å²) >= 11 is 0. The van der Waals surface area contributed by atoms with Crippen molar-refractivity contribution in [1.29, 1.82) is 0 Å². The van der Waals surface area contributed by atoms with Crippen molar-refractivity contribution in [1.82, 2.24) is 23.1 Å². The van der Waals surface area contributed by atoms with Crippen molar-refractivity contribution in [2.75, 3.05) is 0 Å². The van der Waals surface area contributed by atoms with E-state index in [1.54, 1.807) is 18.3 Å². The molecule has 0 spiro atoms. The van der Waals surface area contributed by atoms with E-state index in [1.165, 1.54) is 22.6 Å². The summed E-state index contributed by atoms with van der Waals surface area (Å²) in [5.74, 6) is 0. The molecule has 3 rings (SSSR count). The fraction of sp³-hybridized carbons (Fsp3) is 0.211. The van der Waals surface area contributed by atoms with Crippen molar-refractivity contribution < 1.29 is 0 Å². The minimum absolute atomic E-state index is 0.0534. The molecular formula is C19H19N5O4. The third kappa shape index (κ3) is 3.29. The number of hydrogen-bond donors (Lipinski definition) is 0. The van der Waals surface area contributed by atoms with Gasteiger partial charge < -0.3 is 0 Å². The van der Waals surface area contributed by atoms with Gasteiger partial charge in [0.25, 0.3) is 5.56 Å². The van der Waals surface area contributed by atoms with Crippen LogP contribution >= 0.6 is 0 Å². The van der Waals surface area contributed by atoms with E-state index in [2.05, 4.69) is 18.1 Å². The minimum atomic E-state index is -0.791. The van der Waals surface area contributed by atoms with Crippen molar-refractivity contribution in [2.24, 2.45) is 0 Å². The molecule has 0 aliphatic rings. The van der Waals surface area contributed by atoms with E-state index in [0.29, 0.717) is 5.65 Å². The van der Waals surface area contributed by atoms with E-state index < -0.39 is 17.1 Å². The Morgan fingerprint density at radius 1 is 0.929 bits per heavy atom. The average molecular weight is 381 g/mol. The molecule has 0 aliphatic heterocycles. The molecule has 28 heavy (non-hydrogen) atoms. The summed E-state index contributed by atoms with van der Waals surface area (Å²) in [6.07, 6.45) is 4.43. The Kier molecular flexibility index (Phi) is 5.08. The van der Waals surface area contributed by atoms with Crippen LogP contribution in [0.25, 0.3) is 5.65 Å². The summed E-state index contributed by atoms with van der Waals surface area (Å²) in [6.45, 7) is 8.56. The molecule has 3 aromatic rings. The molecule has 0 bridgehead atoms. The fourth-order valence-electron chi connectivity index (χ4n) is 2.89. The van der Waals surface area contributed by atoms with Gasteiger partial charge in [-0.15, -0.1) is 13.2 Å². The second-order valence-electron chi connectivity index (χ2n) is 6.25. The monoisotopic (exact) mass is 381 g/mol. The first kappa shape index (κ1) is 19.0. The number of aromatic nitrogens is 5. The molecule has 0 saturated heterocycles. The van der Waals surface area contributed by atoms with Crippen molar-refractivity contribution in [3.63, 3.8) is 0 Å². The van der Waals surface area contributed by atoms with Crippen LogP contribution < -0.4 is 22.6 Å². The highest BCUT2D eigenvalue weighted by Gasteiger charge is 2.15. The van der Waals surface area contributed by atoms with Crippen LogP contribution in [0.4, 0.5) is 0 Å². The molecular weight excluding hydrogens is 362 g/mol. The molecule has 0 fully saturated rings. The standard InChI is InChI=1S/C19H19N5O4/c1-4-8-21-17(26)22(9-5-2)19(28)24(18(21)27)12-14-10-16(25)23-11-13(3)6-7-15(23)20-14/h4-7,10-11H,1-2,8-9,12H2,3H3. The number of fused-ring (bicyclic) bond motifs is 1. The van der Waals surface area contributed by atoms with E-state index >= 15 is 0 Å². The van der Waals surface area contributed by atoms with Crippen LogP contribution in [0.2, 0.25) is 0 Å². The van der Waals surface area contributed by atoms with Crippen LogP contribution in [-0.4, -0.2) is 23.1 Å². The Balaban J connectivity index is 2.22. The molecule has 9 nitrogen and oxygen atoms in total. The molecule has 0 aliphatic carbocycles. The molecule has 144 valence electrons. The molecule has 0 N–H and O–H groups in total. The Bertz CT molecular complexity index is 1280. The van der Waals surface area contributed by atoms with E-state index in [1.807, 2.05) is 6.92 Å². The maximum atomic E-state index is 12.7. The van der Waals surface area contributed by atoms with Gasteiger partial charge in [0.1, 0.15) is 5.65 Å². The second kappa shape index (κ2) is 7.47. The normalized spacial score (nSPS) is 10.9. The molecule has 0 saturated carbocycles. The van der Waals surface area contributed by atoms with Crippen LogP contribution in [0.5, 0.6) is 0 Å². The fourth-order valence-corrected chi connectivity index (χ4v) is 2.89. The Morgan fingerprint density at radius 2 is 1.50 bits per heavy atom. The number of hydrogen-bond acceptors (Lipinski definition) is 5. The van der Waals surface area contributed by atoms with Crippen LogP contribution in [0.3, 0.4) is 0 Å². The predicted molar refractivity (Wildman–Crippen MR) is 105 cm³/mol. The Labute approximate surface area is 158 Å². The number of rotatable bonds is 6. The van der Waals surface area contributed by atoms with E-state index in [4.69, 9.17) is 0 Å². The Hall–Kier alpha value is -3.75. The second-order valence-corrected chi connectivity index (χ2v) is 6.25. The summed E-state index contributed by atoms with van der Waals surface area (Å²) in [7, 11) is 0. The van der Waals surface area contributed by atoms with Gasteiger partial charge in [-0.25, -0.2) is 33.1 Å². The lowest BCUT2D eigenvalue weighted by Crippen LogP contribution is -2.54. The average Bonchev–Trinajstić information content (AvgIpc) is 2.66. The SMILES string of the molecule is C=CCn1c(=O)n(CC=C)c(=O)n(Cc2cc(=O)n3cc(C)ccc3n2)c1=O.